The monoisotopic (exact) mass is 583 g/mol. The van der Waals surface area contributed by atoms with E-state index >= 15 is 0 Å². The lowest BCUT2D eigenvalue weighted by Gasteiger charge is -2.32. The maximum atomic E-state index is 13.9. The Hall–Kier alpha value is -4.17. The molecule has 1 aliphatic heterocycles. The molecule has 1 N–H and O–H groups in total. The Morgan fingerprint density at radius 1 is 0.833 bits per heavy atom. The number of hydrogen-bond acceptors (Lipinski definition) is 4. The smallest absolute Gasteiger partial charge is 0.265 e. The Balaban J connectivity index is 1.37. The van der Waals surface area contributed by atoms with Crippen molar-refractivity contribution in [3.8, 4) is 0 Å². The molecule has 0 bridgehead atoms. The highest BCUT2D eigenvalue weighted by Gasteiger charge is 2.36. The predicted octanol–water partition coefficient (Wildman–Crippen LogP) is 5.69. The minimum atomic E-state index is -3.70. The topological polar surface area (TPSA) is 86.8 Å². The average Bonchev–Trinajstić information content (AvgIpc) is 3.23. The highest BCUT2D eigenvalue weighted by atomic mass is 32.2. The number of sulfonamides is 1. The number of hydrogen-bond donors (Lipinski definition) is 1. The number of amides is 2. The van der Waals surface area contributed by atoms with Crippen molar-refractivity contribution in [2.45, 2.75) is 56.5 Å². The van der Waals surface area contributed by atoms with Crippen LogP contribution in [0.25, 0.3) is 10.8 Å². The van der Waals surface area contributed by atoms with Crippen molar-refractivity contribution in [3.63, 3.8) is 0 Å². The lowest BCUT2D eigenvalue weighted by Crippen LogP contribution is -2.50. The fraction of sp³-hybridized carbons (Fsp3) is 0.294. The summed E-state index contributed by atoms with van der Waals surface area (Å²) in [5.74, 6) is -0.362. The van der Waals surface area contributed by atoms with Gasteiger partial charge in [0, 0.05) is 37.9 Å². The van der Waals surface area contributed by atoms with Gasteiger partial charge < -0.3 is 10.2 Å². The van der Waals surface area contributed by atoms with E-state index in [1.165, 1.54) is 4.31 Å². The van der Waals surface area contributed by atoms with Gasteiger partial charge in [-0.3, -0.25) is 13.9 Å². The molecule has 8 heteroatoms. The van der Waals surface area contributed by atoms with Gasteiger partial charge in [0.05, 0.1) is 10.6 Å². The first-order chi connectivity index (χ1) is 20.4. The van der Waals surface area contributed by atoms with Gasteiger partial charge in [-0.15, -0.1) is 0 Å². The maximum Gasteiger partial charge on any atom is 0.265 e. The lowest BCUT2D eigenvalue weighted by atomic mass is 10.0. The molecule has 0 radical (unpaired) electrons. The predicted molar refractivity (Wildman–Crippen MR) is 167 cm³/mol. The lowest BCUT2D eigenvalue weighted by molar-refractivity contribution is -0.141. The zero-order valence-electron chi connectivity index (χ0n) is 23.9. The van der Waals surface area contributed by atoms with Crippen molar-refractivity contribution in [1.82, 2.24) is 10.2 Å². The van der Waals surface area contributed by atoms with E-state index in [4.69, 9.17) is 0 Å². The second-order valence-corrected chi connectivity index (χ2v) is 12.5. The third-order valence-electron chi connectivity index (χ3n) is 7.73. The molecule has 0 saturated carbocycles. The number of carbonyl (C=O) groups is 2. The second kappa shape index (κ2) is 13.2. The quantitative estimate of drug-likeness (QED) is 0.205. The molecule has 5 rings (SSSR count). The van der Waals surface area contributed by atoms with Crippen LogP contribution in [0.1, 0.15) is 43.7 Å². The third kappa shape index (κ3) is 6.34. The number of nitrogens with one attached hydrogen (secondary N) is 1. The summed E-state index contributed by atoms with van der Waals surface area (Å²) >= 11 is 0. The molecular formula is C34H37N3O4S. The van der Waals surface area contributed by atoms with Crippen LogP contribution >= 0.6 is 0 Å². The summed E-state index contributed by atoms with van der Waals surface area (Å²) in [6.45, 7) is 3.07. The van der Waals surface area contributed by atoms with Gasteiger partial charge in [0.25, 0.3) is 10.0 Å². The number of unbranched alkanes of at least 4 members (excludes halogenated alkanes) is 1. The molecule has 0 saturated heterocycles. The van der Waals surface area contributed by atoms with Crippen LogP contribution in [-0.2, 0) is 32.6 Å². The molecule has 0 aliphatic carbocycles. The average molecular weight is 584 g/mol. The first-order valence-electron chi connectivity index (χ1n) is 14.6. The number of rotatable bonds is 13. The molecule has 0 spiro atoms. The Morgan fingerprint density at radius 3 is 2.19 bits per heavy atom. The summed E-state index contributed by atoms with van der Waals surface area (Å²) in [5, 5.41) is 4.64. The van der Waals surface area contributed by atoms with E-state index in [9.17, 15) is 18.0 Å². The molecule has 2 amide bonds. The Kier molecular flexibility index (Phi) is 9.22. The summed E-state index contributed by atoms with van der Waals surface area (Å²) in [6.07, 6.45) is 2.63. The summed E-state index contributed by atoms with van der Waals surface area (Å²) in [7, 11) is -3.70. The molecule has 0 aromatic heterocycles. The van der Waals surface area contributed by atoms with E-state index in [1.807, 2.05) is 84.9 Å². The summed E-state index contributed by atoms with van der Waals surface area (Å²) in [6, 6.07) is 29.6. The van der Waals surface area contributed by atoms with Crippen molar-refractivity contribution < 1.29 is 18.0 Å². The van der Waals surface area contributed by atoms with Crippen LogP contribution in [0.5, 0.6) is 0 Å². The van der Waals surface area contributed by atoms with Crippen molar-refractivity contribution in [2.24, 2.45) is 0 Å². The van der Waals surface area contributed by atoms with Gasteiger partial charge in [-0.1, -0.05) is 98.3 Å². The van der Waals surface area contributed by atoms with Gasteiger partial charge in [0.15, 0.2) is 0 Å². The standard InChI is InChI=1S/C34H37N3O4S/c1-2-3-22-35-34(39)30(24-26-13-6-4-7-14-26)36(25-27-15-8-5-9-16-27)32(38)21-12-23-37-29-19-10-17-28-18-11-20-31(33(28)29)42(37,40)41/h4-11,13-20,30H,2-3,12,21-25H2,1H3,(H,35,39)/t30-/m1/s1. The Morgan fingerprint density at radius 2 is 1.50 bits per heavy atom. The summed E-state index contributed by atoms with van der Waals surface area (Å²) in [5.41, 5.74) is 2.54. The van der Waals surface area contributed by atoms with Gasteiger partial charge >= 0.3 is 0 Å². The number of nitrogens with zero attached hydrogens (tertiary/aromatic N) is 2. The first-order valence-corrected chi connectivity index (χ1v) is 16.0. The molecule has 1 aliphatic rings. The van der Waals surface area contributed by atoms with Crippen molar-refractivity contribution in [3.05, 3.63) is 108 Å². The van der Waals surface area contributed by atoms with Gasteiger partial charge in [-0.25, -0.2) is 8.42 Å². The zero-order chi connectivity index (χ0) is 29.5. The molecule has 4 aromatic carbocycles. The molecule has 4 aromatic rings. The third-order valence-corrected chi connectivity index (χ3v) is 9.59. The molecular weight excluding hydrogens is 546 g/mol. The van der Waals surface area contributed by atoms with Crippen LogP contribution in [0.3, 0.4) is 0 Å². The molecule has 7 nitrogen and oxygen atoms in total. The number of anilines is 1. The largest absolute Gasteiger partial charge is 0.354 e. The van der Waals surface area contributed by atoms with Gasteiger partial charge in [0.2, 0.25) is 11.8 Å². The zero-order valence-corrected chi connectivity index (χ0v) is 24.7. The van der Waals surface area contributed by atoms with Crippen LogP contribution in [-0.4, -0.2) is 44.3 Å². The minimum Gasteiger partial charge on any atom is -0.354 e. The van der Waals surface area contributed by atoms with Crippen LogP contribution in [0.2, 0.25) is 0 Å². The molecule has 0 unspecified atom stereocenters. The number of benzene rings is 4. The maximum absolute atomic E-state index is 13.9. The highest BCUT2D eigenvalue weighted by molar-refractivity contribution is 7.93. The van der Waals surface area contributed by atoms with E-state index in [1.54, 1.807) is 17.0 Å². The molecule has 1 heterocycles. The minimum absolute atomic E-state index is 0.110. The van der Waals surface area contributed by atoms with Gasteiger partial charge in [0.1, 0.15) is 6.04 Å². The normalized spacial score (nSPS) is 14.1. The van der Waals surface area contributed by atoms with Crippen molar-refractivity contribution in [1.29, 1.82) is 0 Å². The molecule has 1 atom stereocenters. The first kappa shape index (κ1) is 29.3. The van der Waals surface area contributed by atoms with E-state index in [-0.39, 0.29) is 31.3 Å². The van der Waals surface area contributed by atoms with Crippen LogP contribution < -0.4 is 9.62 Å². The van der Waals surface area contributed by atoms with Crippen molar-refractivity contribution in [2.75, 3.05) is 17.4 Å². The molecule has 218 valence electrons. The van der Waals surface area contributed by atoms with Gasteiger partial charge in [-0.2, -0.15) is 0 Å². The second-order valence-electron chi connectivity index (χ2n) is 10.7. The Bertz CT molecular complexity index is 1640. The van der Waals surface area contributed by atoms with Gasteiger partial charge in [-0.05, 0) is 41.5 Å². The van der Waals surface area contributed by atoms with E-state index in [0.29, 0.717) is 30.0 Å². The van der Waals surface area contributed by atoms with E-state index in [2.05, 4.69) is 12.2 Å². The fourth-order valence-corrected chi connectivity index (χ4v) is 7.31. The van der Waals surface area contributed by atoms with E-state index < -0.39 is 16.1 Å². The SMILES string of the molecule is CCCCNC(=O)[C@@H](Cc1ccccc1)N(Cc1ccccc1)C(=O)CCCN1c2cccc3cccc(c23)S1(=O)=O. The summed E-state index contributed by atoms with van der Waals surface area (Å²) < 4.78 is 28.3. The van der Waals surface area contributed by atoms with Crippen molar-refractivity contribution >= 4 is 38.3 Å². The highest BCUT2D eigenvalue weighted by Crippen LogP contribution is 2.42. The molecule has 0 fully saturated rings. The summed E-state index contributed by atoms with van der Waals surface area (Å²) in [4.78, 5) is 29.5. The van der Waals surface area contributed by atoms with E-state index in [0.717, 1.165) is 34.7 Å². The fourth-order valence-electron chi connectivity index (χ4n) is 5.56. The number of carbonyl (C=O) groups excluding carboxylic acids is 2. The Labute approximate surface area is 248 Å². The molecule has 42 heavy (non-hydrogen) atoms. The van der Waals surface area contributed by atoms with Crippen LogP contribution in [0.15, 0.2) is 102 Å². The van der Waals surface area contributed by atoms with Crippen LogP contribution in [0.4, 0.5) is 5.69 Å². The van der Waals surface area contributed by atoms with Crippen LogP contribution in [0, 0.1) is 0 Å².